The van der Waals surface area contributed by atoms with E-state index in [1.165, 1.54) is 24.3 Å². The molecule has 0 saturated carbocycles. The normalized spacial score (nSPS) is 14.1. The number of aliphatic hydroxyl groups is 1. The monoisotopic (exact) mass is 272 g/mol. The smallest absolute Gasteiger partial charge is 0.269 e. The van der Waals surface area contributed by atoms with E-state index in [1.807, 2.05) is 6.92 Å². The summed E-state index contributed by atoms with van der Waals surface area (Å²) in [5, 5.41) is 23.0. The molecule has 0 aromatic heterocycles. The minimum Gasteiger partial charge on any atom is -0.391 e. The number of benzene rings is 1. The third-order valence-electron chi connectivity index (χ3n) is 2.28. The molecule has 2 atom stereocenters. The van der Waals surface area contributed by atoms with Gasteiger partial charge in [-0.25, -0.2) is 0 Å². The lowest BCUT2D eigenvalue weighted by atomic mass is 10.3. The van der Waals surface area contributed by atoms with Gasteiger partial charge in [0.15, 0.2) is 0 Å². The van der Waals surface area contributed by atoms with E-state index in [9.17, 15) is 19.4 Å². The lowest BCUT2D eigenvalue weighted by molar-refractivity contribution is -0.384. The van der Waals surface area contributed by atoms with Crippen molar-refractivity contribution in [3.05, 3.63) is 34.4 Å². The van der Waals surface area contributed by atoms with Crippen molar-refractivity contribution < 1.29 is 14.2 Å². The average Bonchev–Trinajstić information content (AvgIpc) is 2.36. The van der Waals surface area contributed by atoms with Crippen LogP contribution in [0.1, 0.15) is 6.92 Å². The Labute approximate surface area is 108 Å². The van der Waals surface area contributed by atoms with Crippen LogP contribution in [-0.2, 0) is 10.8 Å². The number of nitrogens with zero attached hydrogens (tertiary/aromatic N) is 1. The van der Waals surface area contributed by atoms with Crippen LogP contribution in [0.3, 0.4) is 0 Å². The van der Waals surface area contributed by atoms with Gasteiger partial charge >= 0.3 is 0 Å². The van der Waals surface area contributed by atoms with Gasteiger partial charge in [-0.1, -0.05) is 6.92 Å². The Bertz CT molecular complexity index is 422. The Kier molecular flexibility index (Phi) is 5.90. The van der Waals surface area contributed by atoms with Gasteiger partial charge in [0.2, 0.25) is 0 Å². The number of nitrogens with one attached hydrogen (secondary N) is 1. The van der Waals surface area contributed by atoms with E-state index < -0.39 is 21.8 Å². The van der Waals surface area contributed by atoms with Gasteiger partial charge in [0, 0.05) is 23.6 Å². The maximum atomic E-state index is 11.9. The molecule has 18 heavy (non-hydrogen) atoms. The molecule has 1 rings (SSSR count). The summed E-state index contributed by atoms with van der Waals surface area (Å²) in [5.41, 5.74) is -0.0380. The second kappa shape index (κ2) is 7.20. The maximum Gasteiger partial charge on any atom is 0.269 e. The van der Waals surface area contributed by atoms with Crippen LogP contribution in [0.2, 0.25) is 0 Å². The summed E-state index contributed by atoms with van der Waals surface area (Å²) in [7, 11) is -1.35. The number of rotatable bonds is 7. The lowest BCUT2D eigenvalue weighted by Gasteiger charge is -2.10. The van der Waals surface area contributed by atoms with Gasteiger partial charge in [0.1, 0.15) is 0 Å². The molecule has 7 heteroatoms. The quantitative estimate of drug-likeness (QED) is 0.562. The molecule has 2 N–H and O–H groups in total. The highest BCUT2D eigenvalue weighted by Gasteiger charge is 2.12. The van der Waals surface area contributed by atoms with Gasteiger partial charge in [-0.2, -0.15) is 0 Å². The Morgan fingerprint density at radius 2 is 2.06 bits per heavy atom. The molecule has 100 valence electrons. The molecular weight excluding hydrogens is 256 g/mol. The highest BCUT2D eigenvalue weighted by Crippen LogP contribution is 2.15. The molecular formula is C11H16N2O4S. The van der Waals surface area contributed by atoms with Crippen LogP contribution >= 0.6 is 0 Å². The molecule has 0 radical (unpaired) electrons. The molecule has 1 aromatic rings. The van der Waals surface area contributed by atoms with E-state index in [-0.39, 0.29) is 11.4 Å². The van der Waals surface area contributed by atoms with E-state index >= 15 is 0 Å². The molecule has 0 aliphatic carbocycles. The number of hydrogen-bond donors (Lipinski definition) is 2. The third-order valence-corrected chi connectivity index (χ3v) is 3.77. The summed E-state index contributed by atoms with van der Waals surface area (Å²) in [4.78, 5) is 10.4. The standard InChI is InChI=1S/C11H16N2O4S/c1-2-12-7-10(14)8-18(17)11-5-3-9(4-6-11)13(15)16/h3-6,10,12,14H,2,7-8H2,1H3. The summed E-state index contributed by atoms with van der Waals surface area (Å²) in [6.07, 6.45) is -0.694. The van der Waals surface area contributed by atoms with Crippen LogP contribution in [0.15, 0.2) is 29.2 Å². The second-order valence-corrected chi connectivity index (χ2v) is 5.22. The molecule has 6 nitrogen and oxygen atoms in total. The number of aliphatic hydroxyl groups excluding tert-OH is 1. The van der Waals surface area contributed by atoms with Gasteiger partial charge in [-0.05, 0) is 18.7 Å². The van der Waals surface area contributed by atoms with E-state index in [4.69, 9.17) is 0 Å². The number of nitro benzene ring substituents is 1. The lowest BCUT2D eigenvalue weighted by Crippen LogP contribution is -2.30. The first-order chi connectivity index (χ1) is 8.54. The number of hydrogen-bond acceptors (Lipinski definition) is 5. The van der Waals surface area contributed by atoms with Crippen molar-refractivity contribution in [1.29, 1.82) is 0 Å². The predicted molar refractivity (Wildman–Crippen MR) is 68.9 cm³/mol. The van der Waals surface area contributed by atoms with Crippen LogP contribution in [0.5, 0.6) is 0 Å². The van der Waals surface area contributed by atoms with Crippen molar-refractivity contribution in [2.24, 2.45) is 0 Å². The van der Waals surface area contributed by atoms with Crippen LogP contribution in [0.25, 0.3) is 0 Å². The topological polar surface area (TPSA) is 92.5 Å². The highest BCUT2D eigenvalue weighted by atomic mass is 32.2. The van der Waals surface area contributed by atoms with Gasteiger partial charge in [-0.15, -0.1) is 0 Å². The molecule has 0 bridgehead atoms. The maximum absolute atomic E-state index is 11.9. The highest BCUT2D eigenvalue weighted by molar-refractivity contribution is 7.85. The van der Waals surface area contributed by atoms with E-state index in [0.717, 1.165) is 6.54 Å². The average molecular weight is 272 g/mol. The van der Waals surface area contributed by atoms with Gasteiger partial charge in [-0.3, -0.25) is 14.3 Å². The fourth-order valence-electron chi connectivity index (χ4n) is 1.36. The first-order valence-corrected chi connectivity index (χ1v) is 6.88. The number of non-ortho nitro benzene ring substituents is 1. The minimum atomic E-state index is -1.35. The molecule has 0 spiro atoms. The Hall–Kier alpha value is -1.31. The van der Waals surface area contributed by atoms with Crippen molar-refractivity contribution in [1.82, 2.24) is 5.32 Å². The zero-order valence-corrected chi connectivity index (χ0v) is 10.9. The second-order valence-electron chi connectivity index (χ2n) is 3.72. The number of nitro groups is 1. The van der Waals surface area contributed by atoms with Crippen molar-refractivity contribution >= 4 is 16.5 Å². The number of likely N-dealkylation sites (N-methyl/N-ethyl adjacent to an activating group) is 1. The van der Waals surface area contributed by atoms with Gasteiger partial charge in [0.05, 0.1) is 27.6 Å². The fraction of sp³-hybridized carbons (Fsp3) is 0.455. The molecule has 0 saturated heterocycles. The molecule has 0 aliphatic heterocycles. The Balaban J connectivity index is 2.58. The van der Waals surface area contributed by atoms with Crippen LogP contribution in [0.4, 0.5) is 5.69 Å². The fourth-order valence-corrected chi connectivity index (χ4v) is 2.46. The van der Waals surface area contributed by atoms with Crippen molar-refractivity contribution in [3.8, 4) is 0 Å². The summed E-state index contributed by atoms with van der Waals surface area (Å²) >= 11 is 0. The van der Waals surface area contributed by atoms with E-state index in [2.05, 4.69) is 5.32 Å². The summed E-state index contributed by atoms with van der Waals surface area (Å²) in [6, 6.07) is 5.52. The van der Waals surface area contributed by atoms with Gasteiger partial charge < -0.3 is 10.4 Å². The SMILES string of the molecule is CCNCC(O)CS(=O)c1ccc([N+](=O)[O-])cc1. The first-order valence-electron chi connectivity index (χ1n) is 5.56. The Morgan fingerprint density at radius 1 is 1.44 bits per heavy atom. The van der Waals surface area contributed by atoms with Crippen LogP contribution < -0.4 is 5.32 Å². The van der Waals surface area contributed by atoms with Crippen molar-refractivity contribution in [3.63, 3.8) is 0 Å². The Morgan fingerprint density at radius 3 is 2.56 bits per heavy atom. The third kappa shape index (κ3) is 4.52. The molecule has 0 aliphatic rings. The minimum absolute atomic E-state index is 0.0380. The summed E-state index contributed by atoms with van der Waals surface area (Å²) in [6.45, 7) is 3.04. The molecule has 1 aromatic carbocycles. The van der Waals surface area contributed by atoms with Gasteiger partial charge in [0.25, 0.3) is 5.69 Å². The molecule has 0 heterocycles. The first kappa shape index (κ1) is 14.7. The predicted octanol–water partition coefficient (Wildman–Crippen LogP) is 0.673. The van der Waals surface area contributed by atoms with Crippen LogP contribution in [0, 0.1) is 10.1 Å². The van der Waals surface area contributed by atoms with Crippen LogP contribution in [-0.4, -0.2) is 39.2 Å². The van der Waals surface area contributed by atoms with E-state index in [0.29, 0.717) is 11.4 Å². The molecule has 0 amide bonds. The molecule has 2 unspecified atom stereocenters. The summed E-state index contributed by atoms with van der Waals surface area (Å²) < 4.78 is 11.9. The molecule has 0 fully saturated rings. The summed E-state index contributed by atoms with van der Waals surface area (Å²) in [5.74, 6) is 0.116. The van der Waals surface area contributed by atoms with E-state index in [1.54, 1.807) is 0 Å². The van der Waals surface area contributed by atoms with Crippen molar-refractivity contribution in [2.45, 2.75) is 17.9 Å². The zero-order valence-electron chi connectivity index (χ0n) is 10.0. The van der Waals surface area contributed by atoms with Crippen molar-refractivity contribution in [2.75, 3.05) is 18.8 Å². The largest absolute Gasteiger partial charge is 0.391 e. The zero-order chi connectivity index (χ0) is 13.5.